The van der Waals surface area contributed by atoms with Crippen LogP contribution in [0.1, 0.15) is 31.7 Å². The van der Waals surface area contributed by atoms with Crippen molar-refractivity contribution in [3.63, 3.8) is 0 Å². The fraction of sp³-hybridized carbons (Fsp3) is 0.545. The third-order valence-corrected chi connectivity index (χ3v) is 6.97. The molecule has 1 spiro atoms. The molecule has 3 heterocycles. The summed E-state index contributed by atoms with van der Waals surface area (Å²) in [7, 11) is 2.95. The lowest BCUT2D eigenvalue weighted by Crippen LogP contribution is -2.53. The molecule has 2 fully saturated rings. The number of carbonyl (C=O) groups excluding carboxylic acids is 2. The van der Waals surface area contributed by atoms with Gasteiger partial charge in [0.15, 0.2) is 0 Å². The van der Waals surface area contributed by atoms with Crippen LogP contribution in [0.4, 0.5) is 5.69 Å². The molecule has 7 heteroatoms. The zero-order valence-corrected chi connectivity index (χ0v) is 18.0. The minimum atomic E-state index is -0.540. The Balaban J connectivity index is 0.00000240. The molecule has 1 N–H and O–H groups in total. The highest BCUT2D eigenvalue weighted by atomic mass is 35.5. The molecule has 1 amide bonds. The predicted molar refractivity (Wildman–Crippen MR) is 113 cm³/mol. The number of carbonyl (C=O) groups is 2. The number of piperidine rings is 1. The largest absolute Gasteiger partial charge is 0.504 e. The van der Waals surface area contributed by atoms with Crippen LogP contribution in [0, 0.1) is 11.8 Å². The number of rotatable bonds is 4. The van der Waals surface area contributed by atoms with Gasteiger partial charge < -0.3 is 14.8 Å². The van der Waals surface area contributed by atoms with E-state index in [-0.39, 0.29) is 36.2 Å². The van der Waals surface area contributed by atoms with Gasteiger partial charge in [0.25, 0.3) is 0 Å². The number of para-hydroxylation sites is 1. The van der Waals surface area contributed by atoms with Crippen LogP contribution in [0.2, 0.25) is 0 Å². The standard InChI is InChI=1S/C22H28N2O4.ClH/c1-4-14-12-24-10-9-22(17-7-5-6-8-18(17)23-21(22)26)19(24)11-15(14)16(13-27-2)20(25)28-3;/h5-8,13-15,19H,4,9-12H2,1-3H3,(H,23,26);1H/b16-13+;/t14-,15+,19+,22+;/m1./s1. The van der Waals surface area contributed by atoms with Crippen LogP contribution in [0.3, 0.4) is 0 Å². The zero-order chi connectivity index (χ0) is 19.9. The highest BCUT2D eigenvalue weighted by Gasteiger charge is 2.60. The van der Waals surface area contributed by atoms with Gasteiger partial charge in [0.2, 0.25) is 5.91 Å². The average molecular weight is 421 g/mol. The Kier molecular flexibility index (Phi) is 6.24. The van der Waals surface area contributed by atoms with E-state index in [1.54, 1.807) is 7.11 Å². The number of hydrogen-bond acceptors (Lipinski definition) is 5. The van der Waals surface area contributed by atoms with Crippen LogP contribution in [0.25, 0.3) is 0 Å². The van der Waals surface area contributed by atoms with Crippen LogP contribution in [-0.4, -0.2) is 50.1 Å². The monoisotopic (exact) mass is 420 g/mol. The van der Waals surface area contributed by atoms with Crippen LogP contribution >= 0.6 is 12.4 Å². The molecule has 158 valence electrons. The first-order valence-corrected chi connectivity index (χ1v) is 10.0. The quantitative estimate of drug-likeness (QED) is 0.460. The smallest absolute Gasteiger partial charge is 0.337 e. The van der Waals surface area contributed by atoms with E-state index in [9.17, 15) is 9.59 Å². The molecule has 3 aliphatic heterocycles. The molecule has 4 rings (SSSR count). The summed E-state index contributed by atoms with van der Waals surface area (Å²) in [5.74, 6) is 0.0769. The fourth-order valence-electron chi connectivity index (χ4n) is 5.63. The van der Waals surface area contributed by atoms with Crippen molar-refractivity contribution in [2.75, 3.05) is 32.6 Å². The number of amides is 1. The predicted octanol–water partition coefficient (Wildman–Crippen LogP) is 3.12. The van der Waals surface area contributed by atoms with E-state index in [2.05, 4.69) is 23.2 Å². The summed E-state index contributed by atoms with van der Waals surface area (Å²) in [4.78, 5) is 28.1. The first kappa shape index (κ1) is 21.7. The van der Waals surface area contributed by atoms with E-state index in [0.717, 1.165) is 43.6 Å². The van der Waals surface area contributed by atoms with Crippen LogP contribution in [0.5, 0.6) is 0 Å². The van der Waals surface area contributed by atoms with E-state index in [4.69, 9.17) is 9.47 Å². The first-order chi connectivity index (χ1) is 13.6. The molecule has 4 atom stereocenters. The molecule has 1 aromatic rings. The van der Waals surface area contributed by atoms with Crippen molar-refractivity contribution >= 4 is 30.0 Å². The molecule has 29 heavy (non-hydrogen) atoms. The number of benzene rings is 1. The number of fused-ring (bicyclic) bond motifs is 4. The molecule has 2 saturated heterocycles. The maximum Gasteiger partial charge on any atom is 0.337 e. The molecule has 0 unspecified atom stereocenters. The van der Waals surface area contributed by atoms with Gasteiger partial charge in [-0.3, -0.25) is 9.69 Å². The summed E-state index contributed by atoms with van der Waals surface area (Å²) in [6, 6.07) is 8.07. The van der Waals surface area contributed by atoms with Crippen LogP contribution in [0.15, 0.2) is 36.1 Å². The summed E-state index contributed by atoms with van der Waals surface area (Å²) in [6.07, 6.45) is 4.04. The Bertz CT molecular complexity index is 827. The van der Waals surface area contributed by atoms with Crippen molar-refractivity contribution in [1.82, 2.24) is 4.90 Å². The summed E-state index contributed by atoms with van der Waals surface area (Å²) >= 11 is 0. The van der Waals surface area contributed by atoms with Crippen LogP contribution in [-0.2, 0) is 24.5 Å². The van der Waals surface area contributed by atoms with Crippen molar-refractivity contribution in [3.05, 3.63) is 41.7 Å². The number of nitrogens with one attached hydrogen (secondary N) is 1. The second-order valence-electron chi connectivity index (χ2n) is 8.04. The molecule has 0 bridgehead atoms. The molecule has 3 aliphatic rings. The van der Waals surface area contributed by atoms with Crippen molar-refractivity contribution in [1.29, 1.82) is 0 Å². The van der Waals surface area contributed by atoms with Gasteiger partial charge in [0.05, 0.1) is 31.5 Å². The van der Waals surface area contributed by atoms with E-state index in [0.29, 0.717) is 11.5 Å². The molecule has 6 nitrogen and oxygen atoms in total. The second-order valence-corrected chi connectivity index (χ2v) is 8.04. The van der Waals surface area contributed by atoms with Gasteiger partial charge in [0, 0.05) is 18.3 Å². The zero-order valence-electron chi connectivity index (χ0n) is 17.1. The third kappa shape index (κ3) is 3.22. The van der Waals surface area contributed by atoms with Crippen molar-refractivity contribution in [2.45, 2.75) is 37.6 Å². The molecular weight excluding hydrogens is 392 g/mol. The number of halogens is 1. The van der Waals surface area contributed by atoms with Crippen molar-refractivity contribution in [2.24, 2.45) is 11.8 Å². The minimum Gasteiger partial charge on any atom is -0.504 e. The topological polar surface area (TPSA) is 67.9 Å². The Morgan fingerprint density at radius 2 is 2.10 bits per heavy atom. The molecule has 1 aromatic carbocycles. The van der Waals surface area contributed by atoms with Crippen LogP contribution < -0.4 is 5.32 Å². The number of methoxy groups -OCH3 is 2. The Morgan fingerprint density at radius 1 is 1.34 bits per heavy atom. The molecule has 0 saturated carbocycles. The highest BCUT2D eigenvalue weighted by molar-refractivity contribution is 6.07. The van der Waals surface area contributed by atoms with Gasteiger partial charge in [-0.15, -0.1) is 12.4 Å². The maximum atomic E-state index is 13.2. The maximum absolute atomic E-state index is 13.2. The lowest BCUT2D eigenvalue weighted by atomic mass is 9.67. The lowest BCUT2D eigenvalue weighted by molar-refractivity contribution is -0.137. The van der Waals surface area contributed by atoms with E-state index >= 15 is 0 Å². The second kappa shape index (κ2) is 8.36. The van der Waals surface area contributed by atoms with E-state index in [1.165, 1.54) is 13.4 Å². The van der Waals surface area contributed by atoms with Crippen molar-refractivity contribution < 1.29 is 19.1 Å². The number of esters is 1. The van der Waals surface area contributed by atoms with Gasteiger partial charge in [-0.25, -0.2) is 4.79 Å². The SMILES string of the molecule is CC[C@@H]1CN2CC[C@@]3(C(=O)Nc4ccccc43)[C@@H]2C[C@@H]1/C(=C\OC)C(=O)OC.Cl. The number of anilines is 1. The summed E-state index contributed by atoms with van der Waals surface area (Å²) < 4.78 is 10.3. The summed E-state index contributed by atoms with van der Waals surface area (Å²) in [6.45, 7) is 3.93. The van der Waals surface area contributed by atoms with E-state index in [1.807, 2.05) is 18.2 Å². The number of ether oxygens (including phenoxy) is 2. The highest BCUT2D eigenvalue weighted by Crippen LogP contribution is 2.53. The Hall–Kier alpha value is -2.05. The Morgan fingerprint density at radius 3 is 2.79 bits per heavy atom. The molecule has 0 radical (unpaired) electrons. The number of hydrogen-bond donors (Lipinski definition) is 1. The van der Waals surface area contributed by atoms with E-state index < -0.39 is 5.41 Å². The molecular formula is C22H29ClN2O4. The normalized spacial score (nSPS) is 30.9. The first-order valence-electron chi connectivity index (χ1n) is 10.0. The summed E-state index contributed by atoms with van der Waals surface area (Å²) in [5, 5.41) is 3.10. The average Bonchev–Trinajstić information content (AvgIpc) is 3.23. The number of nitrogens with zero attached hydrogens (tertiary/aromatic N) is 1. The third-order valence-electron chi connectivity index (χ3n) is 6.97. The van der Waals surface area contributed by atoms with Gasteiger partial charge in [-0.1, -0.05) is 31.5 Å². The van der Waals surface area contributed by atoms with Crippen molar-refractivity contribution in [3.8, 4) is 0 Å². The lowest BCUT2D eigenvalue weighted by Gasteiger charge is -2.45. The fourth-order valence-corrected chi connectivity index (χ4v) is 5.63. The molecule has 0 aromatic heterocycles. The molecule has 0 aliphatic carbocycles. The van der Waals surface area contributed by atoms with Gasteiger partial charge in [-0.2, -0.15) is 0 Å². The van der Waals surface area contributed by atoms with Gasteiger partial charge >= 0.3 is 5.97 Å². The van der Waals surface area contributed by atoms with Gasteiger partial charge in [0.1, 0.15) is 0 Å². The minimum absolute atomic E-state index is 0. The van der Waals surface area contributed by atoms with Gasteiger partial charge in [-0.05, 0) is 42.9 Å². The Labute approximate surface area is 178 Å². The summed E-state index contributed by atoms with van der Waals surface area (Å²) in [5.41, 5.74) is 2.05.